The fourth-order valence-electron chi connectivity index (χ4n) is 3.89. The lowest BCUT2D eigenvalue weighted by molar-refractivity contribution is 0.913. The molecule has 0 unspecified atom stereocenters. The van der Waals surface area contributed by atoms with Crippen LogP contribution in [-0.2, 0) is 13.5 Å². The first-order valence-corrected chi connectivity index (χ1v) is 8.27. The van der Waals surface area contributed by atoms with E-state index in [-0.39, 0.29) is 0 Å². The molecule has 116 valence electrons. The van der Waals surface area contributed by atoms with Crippen molar-refractivity contribution in [1.82, 2.24) is 9.13 Å². The lowest BCUT2D eigenvalue weighted by atomic mass is 10.1. The third-order valence-corrected chi connectivity index (χ3v) is 4.90. The Kier molecular flexibility index (Phi) is 3.08. The van der Waals surface area contributed by atoms with Crippen molar-refractivity contribution in [2.75, 3.05) is 0 Å². The molecule has 2 heterocycles. The van der Waals surface area contributed by atoms with Crippen LogP contribution in [0.15, 0.2) is 48.7 Å². The Labute approximate surface area is 137 Å². The van der Waals surface area contributed by atoms with E-state index in [2.05, 4.69) is 85.6 Å². The van der Waals surface area contributed by atoms with E-state index < -0.39 is 0 Å². The number of aromatic nitrogens is 2. The molecule has 2 heteroatoms. The van der Waals surface area contributed by atoms with Crippen LogP contribution in [0.1, 0.15) is 23.6 Å². The van der Waals surface area contributed by atoms with Crippen LogP contribution < -0.4 is 0 Å². The van der Waals surface area contributed by atoms with Gasteiger partial charge in [0.05, 0.1) is 11.2 Å². The Morgan fingerprint density at radius 2 is 1.61 bits per heavy atom. The van der Waals surface area contributed by atoms with Crippen molar-refractivity contribution in [3.63, 3.8) is 0 Å². The van der Waals surface area contributed by atoms with E-state index in [4.69, 9.17) is 0 Å². The van der Waals surface area contributed by atoms with Crippen molar-refractivity contribution < 1.29 is 0 Å². The minimum atomic E-state index is 1.05. The maximum absolute atomic E-state index is 2.44. The summed E-state index contributed by atoms with van der Waals surface area (Å²) >= 11 is 0. The molecule has 0 saturated heterocycles. The van der Waals surface area contributed by atoms with Crippen molar-refractivity contribution >= 4 is 21.9 Å². The molecule has 0 bridgehead atoms. The van der Waals surface area contributed by atoms with Gasteiger partial charge in [0.1, 0.15) is 5.65 Å². The van der Waals surface area contributed by atoms with Gasteiger partial charge in [-0.3, -0.25) is 4.57 Å². The van der Waals surface area contributed by atoms with E-state index in [9.17, 15) is 0 Å². The van der Waals surface area contributed by atoms with Crippen LogP contribution in [0.25, 0.3) is 27.6 Å². The van der Waals surface area contributed by atoms with Crippen molar-refractivity contribution in [2.24, 2.45) is 7.05 Å². The number of para-hydroxylation sites is 2. The van der Waals surface area contributed by atoms with Gasteiger partial charge in [-0.05, 0) is 43.0 Å². The molecule has 0 amide bonds. The van der Waals surface area contributed by atoms with Gasteiger partial charge < -0.3 is 4.57 Å². The summed E-state index contributed by atoms with van der Waals surface area (Å²) in [5.74, 6) is 0. The average molecular weight is 302 g/mol. The maximum atomic E-state index is 2.44. The molecule has 0 aliphatic rings. The standard InChI is InChI=1S/C21H22N2/c1-5-16-13-22(4)21-19(16)17-11-6-7-12-18(17)23(21)20-14(2)9-8-10-15(20)3/h6-13H,5H2,1-4H3. The van der Waals surface area contributed by atoms with Gasteiger partial charge in [-0.1, -0.05) is 43.3 Å². The van der Waals surface area contributed by atoms with E-state index in [0.29, 0.717) is 0 Å². The second-order valence-corrected chi connectivity index (χ2v) is 6.41. The summed E-state index contributed by atoms with van der Waals surface area (Å²) in [5.41, 5.74) is 7.94. The van der Waals surface area contributed by atoms with Gasteiger partial charge >= 0.3 is 0 Å². The van der Waals surface area contributed by atoms with Crippen molar-refractivity contribution in [2.45, 2.75) is 27.2 Å². The van der Waals surface area contributed by atoms with Crippen LogP contribution in [0.4, 0.5) is 0 Å². The molecule has 0 aliphatic carbocycles. The molecule has 2 aromatic carbocycles. The molecule has 4 aromatic rings. The summed E-state index contributed by atoms with van der Waals surface area (Å²) in [6, 6.07) is 15.3. The number of hydrogen-bond donors (Lipinski definition) is 0. The van der Waals surface area contributed by atoms with Gasteiger partial charge in [0, 0.05) is 24.0 Å². The smallest absolute Gasteiger partial charge is 0.125 e. The third kappa shape index (κ3) is 1.88. The highest BCUT2D eigenvalue weighted by atomic mass is 15.1. The van der Waals surface area contributed by atoms with Crippen molar-refractivity contribution in [3.05, 3.63) is 65.4 Å². The molecular weight excluding hydrogens is 280 g/mol. The van der Waals surface area contributed by atoms with Gasteiger partial charge in [-0.15, -0.1) is 0 Å². The van der Waals surface area contributed by atoms with Crippen LogP contribution in [0.2, 0.25) is 0 Å². The van der Waals surface area contributed by atoms with Crippen molar-refractivity contribution in [1.29, 1.82) is 0 Å². The third-order valence-electron chi connectivity index (χ3n) is 4.90. The predicted octanol–water partition coefficient (Wildman–Crippen LogP) is 5.30. The van der Waals surface area contributed by atoms with Crippen LogP contribution in [0.5, 0.6) is 0 Å². The fourth-order valence-corrected chi connectivity index (χ4v) is 3.89. The second kappa shape index (κ2) is 5.02. The first-order chi connectivity index (χ1) is 11.1. The lowest BCUT2D eigenvalue weighted by Gasteiger charge is -2.14. The molecule has 2 aromatic heterocycles. The van der Waals surface area contributed by atoms with Gasteiger partial charge in [0.2, 0.25) is 0 Å². The number of rotatable bonds is 2. The zero-order valence-corrected chi connectivity index (χ0v) is 14.2. The quantitative estimate of drug-likeness (QED) is 0.475. The molecule has 2 nitrogen and oxygen atoms in total. The molecule has 0 radical (unpaired) electrons. The van der Waals surface area contributed by atoms with E-state index in [0.717, 1.165) is 6.42 Å². The first-order valence-electron chi connectivity index (χ1n) is 8.27. The first kappa shape index (κ1) is 14.1. The minimum absolute atomic E-state index is 1.05. The normalized spacial score (nSPS) is 11.7. The Bertz CT molecular complexity index is 1010. The Morgan fingerprint density at radius 1 is 0.913 bits per heavy atom. The highest BCUT2D eigenvalue weighted by Gasteiger charge is 2.19. The fraction of sp³-hybridized carbons (Fsp3) is 0.238. The maximum Gasteiger partial charge on any atom is 0.125 e. The number of hydrogen-bond acceptors (Lipinski definition) is 0. The summed E-state index contributed by atoms with van der Waals surface area (Å²) in [7, 11) is 2.16. The van der Waals surface area contributed by atoms with Gasteiger partial charge in [-0.25, -0.2) is 0 Å². The molecule has 0 fully saturated rings. The van der Waals surface area contributed by atoms with E-state index >= 15 is 0 Å². The Morgan fingerprint density at radius 3 is 2.30 bits per heavy atom. The van der Waals surface area contributed by atoms with E-state index in [1.54, 1.807) is 0 Å². The van der Waals surface area contributed by atoms with Gasteiger partial charge in [-0.2, -0.15) is 0 Å². The molecule has 0 aliphatic heterocycles. The minimum Gasteiger partial charge on any atom is -0.336 e. The SMILES string of the molecule is CCc1cn(C)c2c1c1ccccc1n2-c1c(C)cccc1C. The van der Waals surface area contributed by atoms with Gasteiger partial charge in [0.15, 0.2) is 0 Å². The van der Waals surface area contributed by atoms with Crippen molar-refractivity contribution in [3.8, 4) is 5.69 Å². The van der Waals surface area contributed by atoms with E-state index in [1.807, 2.05) is 0 Å². The molecule has 0 N–H and O–H groups in total. The second-order valence-electron chi connectivity index (χ2n) is 6.41. The average Bonchev–Trinajstić information content (AvgIpc) is 3.04. The van der Waals surface area contributed by atoms with Gasteiger partial charge in [0.25, 0.3) is 0 Å². The number of nitrogens with zero attached hydrogens (tertiary/aromatic N) is 2. The number of fused-ring (bicyclic) bond motifs is 3. The number of aryl methyl sites for hydroxylation is 4. The highest BCUT2D eigenvalue weighted by Crippen LogP contribution is 2.36. The van der Waals surface area contributed by atoms with E-state index in [1.165, 1.54) is 44.3 Å². The van der Waals surface area contributed by atoms with Crippen LogP contribution in [0, 0.1) is 13.8 Å². The molecule has 0 saturated carbocycles. The summed E-state index contributed by atoms with van der Waals surface area (Å²) in [6.45, 7) is 6.64. The molecular formula is C21H22N2. The molecule has 0 atom stereocenters. The number of benzene rings is 2. The topological polar surface area (TPSA) is 9.86 Å². The monoisotopic (exact) mass is 302 g/mol. The zero-order chi connectivity index (χ0) is 16.1. The zero-order valence-electron chi connectivity index (χ0n) is 14.2. The largest absolute Gasteiger partial charge is 0.336 e. The predicted molar refractivity (Wildman–Crippen MR) is 98.6 cm³/mol. The summed E-state index contributed by atoms with van der Waals surface area (Å²) in [5, 5.41) is 2.75. The highest BCUT2D eigenvalue weighted by molar-refractivity contribution is 6.10. The summed E-state index contributed by atoms with van der Waals surface area (Å²) in [4.78, 5) is 0. The lowest BCUT2D eigenvalue weighted by Crippen LogP contribution is -2.02. The summed E-state index contributed by atoms with van der Waals surface area (Å²) < 4.78 is 4.72. The van der Waals surface area contributed by atoms with Crippen LogP contribution in [-0.4, -0.2) is 9.13 Å². The van der Waals surface area contributed by atoms with Crippen LogP contribution >= 0.6 is 0 Å². The Balaban J connectivity index is 2.28. The molecule has 0 spiro atoms. The molecule has 23 heavy (non-hydrogen) atoms. The molecule has 4 rings (SSSR count). The van der Waals surface area contributed by atoms with Crippen LogP contribution in [0.3, 0.4) is 0 Å². The Hall–Kier alpha value is -2.48. The summed E-state index contributed by atoms with van der Waals surface area (Å²) in [6.07, 6.45) is 3.33.